The number of allylic oxidation sites excluding steroid dienone is 10. The molecule has 9 heteroatoms. The summed E-state index contributed by atoms with van der Waals surface area (Å²) >= 11 is 0. The lowest BCUT2D eigenvalue weighted by molar-refractivity contribution is -0.161. The minimum Gasteiger partial charge on any atom is -0.462 e. The number of hydrogen-bond donors (Lipinski definition) is 1. The second kappa shape index (κ2) is 36.5. The first-order valence-electron chi connectivity index (χ1n) is 19.5. The van der Waals surface area contributed by atoms with Gasteiger partial charge in [-0.15, -0.1) is 0 Å². The van der Waals surface area contributed by atoms with E-state index in [1.54, 1.807) is 0 Å². The summed E-state index contributed by atoms with van der Waals surface area (Å²) in [7, 11) is -3.21. The predicted octanol–water partition coefficient (Wildman–Crippen LogP) is 12.0. The molecule has 0 saturated heterocycles. The fraction of sp³-hybridized carbons (Fsp3) is 0.707. The van der Waals surface area contributed by atoms with Crippen molar-refractivity contribution >= 4 is 19.8 Å². The Hall–Kier alpha value is -2.25. The van der Waals surface area contributed by atoms with Gasteiger partial charge in [0.15, 0.2) is 6.10 Å². The van der Waals surface area contributed by atoms with Crippen molar-refractivity contribution in [3.8, 4) is 0 Å². The average Bonchev–Trinajstić information content (AvgIpc) is 3.10. The molecule has 0 aliphatic heterocycles. The number of ether oxygens (including phenoxy) is 2. The molecule has 0 amide bonds. The third-order valence-electron chi connectivity index (χ3n) is 7.98. The molecule has 0 fully saturated rings. The van der Waals surface area contributed by atoms with Crippen molar-refractivity contribution < 1.29 is 37.6 Å². The largest absolute Gasteiger partial charge is 0.472 e. The Kier molecular flexibility index (Phi) is 34.9. The Morgan fingerprint density at radius 2 is 1.02 bits per heavy atom. The summed E-state index contributed by atoms with van der Waals surface area (Å²) in [5.74, 6) is -0.831. The number of phosphoric ester groups is 1. The quantitative estimate of drug-likeness (QED) is 0.0298. The number of esters is 2. The zero-order valence-corrected chi connectivity index (χ0v) is 32.7. The normalized spacial score (nSPS) is 14.1. The van der Waals surface area contributed by atoms with E-state index in [0.29, 0.717) is 6.42 Å². The second-order valence-corrected chi connectivity index (χ2v) is 14.2. The van der Waals surface area contributed by atoms with Crippen LogP contribution in [0, 0.1) is 0 Å². The minimum atomic E-state index is -4.26. The highest BCUT2D eigenvalue weighted by atomic mass is 31.2. The molecule has 0 aliphatic carbocycles. The van der Waals surface area contributed by atoms with E-state index in [2.05, 4.69) is 79.1 Å². The van der Waals surface area contributed by atoms with Crippen LogP contribution in [-0.4, -0.2) is 43.3 Å². The van der Waals surface area contributed by atoms with Gasteiger partial charge in [0, 0.05) is 20.0 Å². The van der Waals surface area contributed by atoms with Gasteiger partial charge in [-0.05, 0) is 70.6 Å². The highest BCUT2D eigenvalue weighted by Gasteiger charge is 2.24. The van der Waals surface area contributed by atoms with Gasteiger partial charge in [-0.3, -0.25) is 18.6 Å². The van der Waals surface area contributed by atoms with Crippen molar-refractivity contribution in [2.45, 2.75) is 168 Å². The van der Waals surface area contributed by atoms with Crippen LogP contribution in [0.4, 0.5) is 0 Å². The molecule has 0 aromatic rings. The number of unbranched alkanes of at least 4 members (excludes halogenated alkanes) is 14. The molecule has 0 heterocycles. The van der Waals surface area contributed by atoms with Crippen molar-refractivity contribution in [1.82, 2.24) is 0 Å². The summed E-state index contributed by atoms with van der Waals surface area (Å²) < 4.78 is 31.8. The molecule has 8 nitrogen and oxygen atoms in total. The Balaban J connectivity index is 4.03. The average molecular weight is 723 g/mol. The molecule has 0 radical (unpaired) electrons. The lowest BCUT2D eigenvalue weighted by Crippen LogP contribution is -2.29. The van der Waals surface area contributed by atoms with Gasteiger partial charge >= 0.3 is 19.8 Å². The van der Waals surface area contributed by atoms with Crippen molar-refractivity contribution in [3.63, 3.8) is 0 Å². The Labute approximate surface area is 305 Å². The van der Waals surface area contributed by atoms with Crippen LogP contribution in [0.3, 0.4) is 0 Å². The van der Waals surface area contributed by atoms with Gasteiger partial charge in [0.05, 0.1) is 6.61 Å². The number of carbonyl (C=O) groups is 2. The van der Waals surface area contributed by atoms with Gasteiger partial charge in [0.25, 0.3) is 0 Å². The first-order chi connectivity index (χ1) is 24.3. The summed E-state index contributed by atoms with van der Waals surface area (Å²) in [6.45, 7) is 3.68. The lowest BCUT2D eigenvalue weighted by Gasteiger charge is -2.19. The monoisotopic (exact) mass is 722 g/mol. The van der Waals surface area contributed by atoms with Crippen molar-refractivity contribution in [2.24, 2.45) is 0 Å². The molecule has 2 atom stereocenters. The predicted molar refractivity (Wildman–Crippen MR) is 207 cm³/mol. The van der Waals surface area contributed by atoms with Crippen LogP contribution in [0.25, 0.3) is 0 Å². The van der Waals surface area contributed by atoms with Gasteiger partial charge in [-0.2, -0.15) is 0 Å². The maximum atomic E-state index is 12.5. The Morgan fingerprint density at radius 3 is 1.54 bits per heavy atom. The van der Waals surface area contributed by atoms with Gasteiger partial charge in [-0.25, -0.2) is 4.57 Å². The van der Waals surface area contributed by atoms with Crippen LogP contribution in [-0.2, 0) is 32.7 Å². The third kappa shape index (κ3) is 35.6. The summed E-state index contributed by atoms with van der Waals surface area (Å²) in [5, 5.41) is 0. The number of carbonyl (C=O) groups excluding carboxylic acids is 2. The van der Waals surface area contributed by atoms with Crippen LogP contribution in [0.15, 0.2) is 60.8 Å². The number of phosphoric acid groups is 1. The fourth-order valence-corrected chi connectivity index (χ4v) is 5.46. The van der Waals surface area contributed by atoms with Gasteiger partial charge in [-0.1, -0.05) is 139 Å². The van der Waals surface area contributed by atoms with E-state index in [0.717, 1.165) is 103 Å². The first kappa shape index (κ1) is 47.8. The van der Waals surface area contributed by atoms with Crippen LogP contribution < -0.4 is 0 Å². The molecular formula is C41H71O8P. The molecule has 2 unspecified atom stereocenters. The fourth-order valence-electron chi connectivity index (χ4n) is 5.00. The summed E-state index contributed by atoms with van der Waals surface area (Å²) in [4.78, 5) is 34.3. The third-order valence-corrected chi connectivity index (χ3v) is 8.91. The van der Waals surface area contributed by atoms with Gasteiger partial charge in [0.1, 0.15) is 6.61 Å². The van der Waals surface area contributed by atoms with Crippen molar-refractivity contribution in [1.29, 1.82) is 0 Å². The molecule has 0 saturated carbocycles. The topological polar surface area (TPSA) is 108 Å². The summed E-state index contributed by atoms with van der Waals surface area (Å²) in [6.07, 6.45) is 44.2. The maximum absolute atomic E-state index is 12.5. The molecule has 0 aromatic heterocycles. The molecule has 50 heavy (non-hydrogen) atoms. The maximum Gasteiger partial charge on any atom is 0.472 e. The Morgan fingerprint density at radius 1 is 0.580 bits per heavy atom. The molecule has 0 spiro atoms. The van der Waals surface area contributed by atoms with E-state index in [1.165, 1.54) is 32.1 Å². The molecule has 0 rings (SSSR count). The van der Waals surface area contributed by atoms with Crippen molar-refractivity contribution in [3.05, 3.63) is 60.8 Å². The van der Waals surface area contributed by atoms with Gasteiger partial charge in [0.2, 0.25) is 0 Å². The minimum absolute atomic E-state index is 0.231. The van der Waals surface area contributed by atoms with Crippen LogP contribution in [0.2, 0.25) is 0 Å². The van der Waals surface area contributed by atoms with E-state index < -0.39 is 26.5 Å². The van der Waals surface area contributed by atoms with Crippen LogP contribution in [0.5, 0.6) is 0 Å². The summed E-state index contributed by atoms with van der Waals surface area (Å²) in [6, 6.07) is 0. The van der Waals surface area contributed by atoms with E-state index in [1.807, 2.05) is 0 Å². The zero-order chi connectivity index (χ0) is 36.8. The van der Waals surface area contributed by atoms with E-state index in [-0.39, 0.29) is 25.4 Å². The highest BCUT2D eigenvalue weighted by molar-refractivity contribution is 7.47. The molecule has 0 bridgehead atoms. The van der Waals surface area contributed by atoms with E-state index in [9.17, 15) is 19.0 Å². The molecule has 0 aromatic carbocycles. The molecule has 1 N–H and O–H groups in total. The van der Waals surface area contributed by atoms with E-state index >= 15 is 0 Å². The van der Waals surface area contributed by atoms with E-state index in [4.69, 9.17) is 14.0 Å². The molecule has 288 valence electrons. The zero-order valence-electron chi connectivity index (χ0n) is 31.8. The van der Waals surface area contributed by atoms with Crippen LogP contribution >= 0.6 is 7.82 Å². The lowest BCUT2D eigenvalue weighted by atomic mass is 10.1. The molecule has 0 aliphatic rings. The first-order valence-corrected chi connectivity index (χ1v) is 21.0. The van der Waals surface area contributed by atoms with Gasteiger partial charge < -0.3 is 14.4 Å². The smallest absolute Gasteiger partial charge is 0.462 e. The summed E-state index contributed by atoms with van der Waals surface area (Å²) in [5.41, 5.74) is 0. The SMILES string of the molecule is CC/C=C\C/C=C\C/C=C\C/C=C\CCCCCCCCCCC(=O)OC(COC(=O)CCCCCCC/C=C\CCC)COP(=O)(O)OC. The number of hydrogen-bond acceptors (Lipinski definition) is 7. The second-order valence-electron chi connectivity index (χ2n) is 12.7. The van der Waals surface area contributed by atoms with Crippen molar-refractivity contribution in [2.75, 3.05) is 20.3 Å². The number of rotatable bonds is 35. The highest BCUT2D eigenvalue weighted by Crippen LogP contribution is 2.42. The standard InChI is InChI=1S/C41H71O8P/c1-4-6-8-10-12-14-16-17-18-19-20-21-22-23-24-25-26-28-30-32-34-36-41(43)49-39(38-48-50(44,45)46-3)37-47-40(42)35-33-31-29-27-15-13-11-9-7-5-2/h6,8-9,11-12,14,17-18,20-21,39H,4-5,7,10,13,15-16,19,22-38H2,1-3H3,(H,44,45)/b8-6-,11-9-,14-12-,18-17-,21-20-. The molecular weight excluding hydrogens is 651 g/mol. The van der Waals surface area contributed by atoms with Crippen LogP contribution in [0.1, 0.15) is 162 Å². The Bertz CT molecular complexity index is 1000.